The van der Waals surface area contributed by atoms with E-state index in [-0.39, 0.29) is 0 Å². The van der Waals surface area contributed by atoms with Gasteiger partial charge in [0, 0.05) is 30.8 Å². The summed E-state index contributed by atoms with van der Waals surface area (Å²) in [7, 11) is 7.26. The maximum absolute atomic E-state index is 5.58. The Kier molecular flexibility index (Phi) is 7.18. The van der Waals surface area contributed by atoms with Gasteiger partial charge in [0.15, 0.2) is 11.5 Å². The summed E-state index contributed by atoms with van der Waals surface area (Å²) in [4.78, 5) is 4.99. The van der Waals surface area contributed by atoms with Gasteiger partial charge >= 0.3 is 0 Å². The predicted molar refractivity (Wildman–Crippen MR) is 112 cm³/mol. The van der Waals surface area contributed by atoms with Crippen LogP contribution in [0.2, 0.25) is 0 Å². The van der Waals surface area contributed by atoms with E-state index in [2.05, 4.69) is 47.2 Å². The van der Waals surface area contributed by atoms with Gasteiger partial charge in [-0.15, -0.1) is 0 Å². The molecule has 1 heterocycles. The van der Waals surface area contributed by atoms with E-state index in [0.29, 0.717) is 11.8 Å². The van der Waals surface area contributed by atoms with Gasteiger partial charge in [-0.2, -0.15) is 0 Å². The van der Waals surface area contributed by atoms with Crippen molar-refractivity contribution in [3.05, 3.63) is 53.6 Å². The van der Waals surface area contributed by atoms with Crippen LogP contribution in [0.15, 0.2) is 42.5 Å². The lowest BCUT2D eigenvalue weighted by Gasteiger charge is -2.37. The van der Waals surface area contributed by atoms with Crippen LogP contribution in [-0.2, 0) is 13.1 Å². The average molecular weight is 385 g/mol. The molecule has 1 fully saturated rings. The highest BCUT2D eigenvalue weighted by atomic mass is 16.5. The number of nitrogens with zero attached hydrogens (tertiary/aromatic N) is 2. The van der Waals surface area contributed by atoms with Crippen LogP contribution >= 0.6 is 0 Å². The molecule has 1 aliphatic rings. The third-order valence-corrected chi connectivity index (χ3v) is 5.64. The highest BCUT2D eigenvalue weighted by Crippen LogP contribution is 2.35. The van der Waals surface area contributed by atoms with E-state index in [9.17, 15) is 0 Å². The summed E-state index contributed by atoms with van der Waals surface area (Å²) in [6, 6.07) is 15.3. The summed E-state index contributed by atoms with van der Waals surface area (Å²) < 4.78 is 16.4. The third-order valence-electron chi connectivity index (χ3n) is 5.64. The van der Waals surface area contributed by atoms with Gasteiger partial charge < -0.3 is 14.2 Å². The number of rotatable bonds is 8. The zero-order valence-corrected chi connectivity index (χ0v) is 17.5. The summed E-state index contributed by atoms with van der Waals surface area (Å²) in [6.07, 6.45) is 2.36. The molecule has 0 N–H and O–H groups in total. The molecule has 0 amide bonds. The van der Waals surface area contributed by atoms with Gasteiger partial charge in [0.05, 0.1) is 21.3 Å². The minimum Gasteiger partial charge on any atom is -0.496 e. The van der Waals surface area contributed by atoms with Crippen LogP contribution in [0.5, 0.6) is 17.2 Å². The van der Waals surface area contributed by atoms with Gasteiger partial charge in [0.25, 0.3) is 0 Å². The van der Waals surface area contributed by atoms with Crippen molar-refractivity contribution in [1.29, 1.82) is 0 Å². The lowest BCUT2D eigenvalue weighted by molar-refractivity contribution is 0.118. The summed E-state index contributed by atoms with van der Waals surface area (Å²) in [5, 5.41) is 0. The van der Waals surface area contributed by atoms with Gasteiger partial charge in [0.1, 0.15) is 5.75 Å². The number of likely N-dealkylation sites (tertiary alicyclic amines) is 1. The van der Waals surface area contributed by atoms with Crippen molar-refractivity contribution in [1.82, 2.24) is 9.80 Å². The number of piperidine rings is 1. The zero-order chi connectivity index (χ0) is 19.9. The molecule has 0 aromatic heterocycles. The molecule has 0 aliphatic carbocycles. The second kappa shape index (κ2) is 9.80. The van der Waals surface area contributed by atoms with Crippen molar-refractivity contribution in [2.24, 2.45) is 0 Å². The molecular formula is C23H32N2O3. The normalized spacial score (nSPS) is 15.6. The predicted octanol–water partition coefficient (Wildman–Crippen LogP) is 3.81. The minimum absolute atomic E-state index is 0.628. The van der Waals surface area contributed by atoms with Crippen molar-refractivity contribution < 1.29 is 14.2 Å². The summed E-state index contributed by atoms with van der Waals surface area (Å²) >= 11 is 0. The number of methoxy groups -OCH3 is 3. The first kappa shape index (κ1) is 20.5. The van der Waals surface area contributed by atoms with Gasteiger partial charge in [-0.25, -0.2) is 0 Å². The Morgan fingerprint density at radius 1 is 0.893 bits per heavy atom. The monoisotopic (exact) mass is 384 g/mol. The smallest absolute Gasteiger partial charge is 0.164 e. The molecule has 1 saturated heterocycles. The molecule has 152 valence electrons. The van der Waals surface area contributed by atoms with Gasteiger partial charge in [0.2, 0.25) is 0 Å². The van der Waals surface area contributed by atoms with Crippen LogP contribution in [0.25, 0.3) is 0 Å². The van der Waals surface area contributed by atoms with Crippen LogP contribution < -0.4 is 14.2 Å². The van der Waals surface area contributed by atoms with E-state index in [4.69, 9.17) is 14.2 Å². The molecule has 5 nitrogen and oxygen atoms in total. The Labute approximate surface area is 168 Å². The van der Waals surface area contributed by atoms with Crippen LogP contribution in [0.1, 0.15) is 24.0 Å². The van der Waals surface area contributed by atoms with Gasteiger partial charge in [-0.3, -0.25) is 9.80 Å². The van der Waals surface area contributed by atoms with Crippen LogP contribution in [0, 0.1) is 0 Å². The zero-order valence-electron chi connectivity index (χ0n) is 17.5. The molecule has 28 heavy (non-hydrogen) atoms. The Bertz CT molecular complexity index is 743. The number of hydrogen-bond donors (Lipinski definition) is 0. The van der Waals surface area contributed by atoms with Crippen LogP contribution in [-0.4, -0.2) is 57.3 Å². The van der Waals surface area contributed by atoms with Crippen LogP contribution in [0.3, 0.4) is 0 Å². The molecule has 0 radical (unpaired) electrons. The highest BCUT2D eigenvalue weighted by molar-refractivity contribution is 5.50. The Balaban J connectivity index is 1.58. The number of ether oxygens (including phenoxy) is 3. The number of benzene rings is 2. The largest absolute Gasteiger partial charge is 0.496 e. The molecule has 0 unspecified atom stereocenters. The first-order chi connectivity index (χ1) is 13.6. The van der Waals surface area contributed by atoms with E-state index in [1.165, 1.54) is 18.4 Å². The van der Waals surface area contributed by atoms with Crippen LogP contribution in [0.4, 0.5) is 0 Å². The maximum Gasteiger partial charge on any atom is 0.164 e. The second-order valence-electron chi connectivity index (χ2n) is 7.43. The second-order valence-corrected chi connectivity index (χ2v) is 7.43. The topological polar surface area (TPSA) is 34.2 Å². The summed E-state index contributed by atoms with van der Waals surface area (Å²) in [6.45, 7) is 4.04. The summed E-state index contributed by atoms with van der Waals surface area (Å²) in [5.74, 6) is 2.29. The maximum atomic E-state index is 5.58. The molecule has 2 aromatic carbocycles. The van der Waals surface area contributed by atoms with Crippen molar-refractivity contribution in [2.45, 2.75) is 32.0 Å². The first-order valence-corrected chi connectivity index (χ1v) is 9.90. The van der Waals surface area contributed by atoms with E-state index in [1.807, 2.05) is 12.1 Å². The molecule has 3 rings (SSSR count). The molecule has 0 atom stereocenters. The number of hydrogen-bond acceptors (Lipinski definition) is 5. The Morgan fingerprint density at radius 2 is 1.50 bits per heavy atom. The fraction of sp³-hybridized carbons (Fsp3) is 0.478. The van der Waals surface area contributed by atoms with E-state index >= 15 is 0 Å². The first-order valence-electron chi connectivity index (χ1n) is 9.90. The fourth-order valence-electron chi connectivity index (χ4n) is 3.98. The SMILES string of the molecule is COc1cc(OC)c(OC)cc1CN1CCC(N(C)Cc2ccccc2)CC1. The standard InChI is InChI=1S/C23H32N2O3/c1-24(16-18-8-6-5-7-9-18)20-10-12-25(13-11-20)17-19-14-22(27-3)23(28-4)15-21(19)26-2/h5-9,14-15,20H,10-13,16-17H2,1-4H3. The Morgan fingerprint density at radius 3 is 2.11 bits per heavy atom. The van der Waals surface area contributed by atoms with Crippen molar-refractivity contribution in [3.63, 3.8) is 0 Å². The molecule has 0 bridgehead atoms. The molecule has 5 heteroatoms. The fourth-order valence-corrected chi connectivity index (χ4v) is 3.98. The quantitative estimate of drug-likeness (QED) is 0.691. The molecule has 2 aromatic rings. The average Bonchev–Trinajstić information content (AvgIpc) is 2.74. The van der Waals surface area contributed by atoms with E-state index in [1.54, 1.807) is 21.3 Å². The third kappa shape index (κ3) is 4.97. The molecule has 0 spiro atoms. The van der Waals surface area contributed by atoms with Crippen molar-refractivity contribution >= 4 is 0 Å². The van der Waals surface area contributed by atoms with Gasteiger partial charge in [-0.1, -0.05) is 30.3 Å². The van der Waals surface area contributed by atoms with Crippen molar-refractivity contribution in [2.75, 3.05) is 41.5 Å². The van der Waals surface area contributed by atoms with Gasteiger partial charge in [-0.05, 0) is 44.6 Å². The lowest BCUT2D eigenvalue weighted by Crippen LogP contribution is -2.42. The molecule has 1 aliphatic heterocycles. The lowest BCUT2D eigenvalue weighted by atomic mass is 10.0. The van der Waals surface area contributed by atoms with E-state index < -0.39 is 0 Å². The summed E-state index contributed by atoms with van der Waals surface area (Å²) in [5.41, 5.74) is 2.51. The van der Waals surface area contributed by atoms with E-state index in [0.717, 1.165) is 43.2 Å². The molecule has 0 saturated carbocycles. The minimum atomic E-state index is 0.628. The highest BCUT2D eigenvalue weighted by Gasteiger charge is 2.23. The Hall–Kier alpha value is -2.24. The van der Waals surface area contributed by atoms with Crippen molar-refractivity contribution in [3.8, 4) is 17.2 Å². The molecular weight excluding hydrogens is 352 g/mol.